The molecule has 0 aliphatic carbocycles. The Balaban J connectivity index is 2.35. The first kappa shape index (κ1) is 8.63. The summed E-state index contributed by atoms with van der Waals surface area (Å²) in [6, 6.07) is 1.87. The van der Waals surface area contributed by atoms with Crippen molar-refractivity contribution >= 4 is 11.6 Å². The number of pyridine rings is 1. The smallest absolute Gasteiger partial charge is 0.257 e. The van der Waals surface area contributed by atoms with Gasteiger partial charge in [0, 0.05) is 6.20 Å². The van der Waals surface area contributed by atoms with Gasteiger partial charge in [0.15, 0.2) is 5.75 Å². The van der Waals surface area contributed by atoms with Crippen LogP contribution in [0.25, 0.3) is 0 Å². The molecular formula is C9H10ClNO2. The van der Waals surface area contributed by atoms with Crippen molar-refractivity contribution in [2.75, 3.05) is 13.2 Å². The molecule has 1 aliphatic heterocycles. The average Bonchev–Trinajstić information content (AvgIpc) is 2.17. The molecule has 1 aliphatic rings. The van der Waals surface area contributed by atoms with E-state index >= 15 is 0 Å². The number of fused-ring (bicyclic) bond motifs is 1. The second-order valence-corrected chi connectivity index (χ2v) is 3.54. The van der Waals surface area contributed by atoms with Crippen molar-refractivity contribution in [1.82, 2.24) is 4.98 Å². The molecule has 1 aromatic heterocycles. The Bertz CT molecular complexity index is 314. The van der Waals surface area contributed by atoms with Gasteiger partial charge in [-0.2, -0.15) is 0 Å². The zero-order valence-electron chi connectivity index (χ0n) is 7.29. The zero-order valence-corrected chi connectivity index (χ0v) is 8.04. The maximum atomic E-state index is 5.91. The first-order chi connectivity index (χ1) is 6.27. The lowest BCUT2D eigenvalue weighted by Gasteiger charge is -2.17. The van der Waals surface area contributed by atoms with Gasteiger partial charge in [-0.25, -0.2) is 4.98 Å². The highest BCUT2D eigenvalue weighted by Gasteiger charge is 2.14. The number of rotatable bonds is 1. The van der Waals surface area contributed by atoms with Gasteiger partial charge < -0.3 is 9.47 Å². The molecule has 0 bridgehead atoms. The van der Waals surface area contributed by atoms with Gasteiger partial charge in [0.1, 0.15) is 13.2 Å². The van der Waals surface area contributed by atoms with Crippen LogP contribution in [-0.2, 0) is 0 Å². The SMILES string of the molecule is CC(Cl)c1cnc2c(c1)OCCO2. The van der Waals surface area contributed by atoms with E-state index in [0.717, 1.165) is 5.56 Å². The highest BCUT2D eigenvalue weighted by molar-refractivity contribution is 6.20. The third-order valence-corrected chi connectivity index (χ3v) is 2.13. The summed E-state index contributed by atoms with van der Waals surface area (Å²) in [7, 11) is 0. The molecule has 1 aromatic rings. The lowest BCUT2D eigenvalue weighted by Crippen LogP contribution is -2.16. The molecule has 1 unspecified atom stereocenters. The monoisotopic (exact) mass is 199 g/mol. The lowest BCUT2D eigenvalue weighted by atomic mass is 10.2. The van der Waals surface area contributed by atoms with E-state index in [0.29, 0.717) is 24.8 Å². The van der Waals surface area contributed by atoms with Gasteiger partial charge in [-0.3, -0.25) is 0 Å². The van der Waals surface area contributed by atoms with Crippen molar-refractivity contribution in [3.63, 3.8) is 0 Å². The van der Waals surface area contributed by atoms with E-state index < -0.39 is 0 Å². The number of hydrogen-bond donors (Lipinski definition) is 0. The predicted octanol–water partition coefficient (Wildman–Crippen LogP) is 2.15. The predicted molar refractivity (Wildman–Crippen MR) is 49.5 cm³/mol. The molecule has 0 amide bonds. The summed E-state index contributed by atoms with van der Waals surface area (Å²) < 4.78 is 10.6. The highest BCUT2D eigenvalue weighted by Crippen LogP contribution is 2.31. The summed E-state index contributed by atoms with van der Waals surface area (Å²) >= 11 is 5.91. The molecule has 4 heteroatoms. The minimum absolute atomic E-state index is 0.0525. The van der Waals surface area contributed by atoms with E-state index in [4.69, 9.17) is 21.1 Å². The molecule has 70 valence electrons. The summed E-state index contributed by atoms with van der Waals surface area (Å²) in [5, 5.41) is -0.0525. The molecule has 0 radical (unpaired) electrons. The average molecular weight is 200 g/mol. The molecular weight excluding hydrogens is 190 g/mol. The fourth-order valence-electron chi connectivity index (χ4n) is 1.17. The molecule has 2 rings (SSSR count). The Morgan fingerprint density at radius 3 is 3.00 bits per heavy atom. The van der Waals surface area contributed by atoms with Crippen LogP contribution in [0.1, 0.15) is 17.9 Å². The first-order valence-corrected chi connectivity index (χ1v) is 4.60. The topological polar surface area (TPSA) is 31.4 Å². The van der Waals surface area contributed by atoms with Crippen molar-refractivity contribution in [3.8, 4) is 11.6 Å². The van der Waals surface area contributed by atoms with E-state index in [-0.39, 0.29) is 5.38 Å². The molecule has 13 heavy (non-hydrogen) atoms. The third kappa shape index (κ3) is 1.70. The van der Waals surface area contributed by atoms with E-state index in [1.165, 1.54) is 0 Å². The van der Waals surface area contributed by atoms with Gasteiger partial charge in [0.25, 0.3) is 5.88 Å². The normalized spacial score (nSPS) is 16.8. The molecule has 2 heterocycles. The van der Waals surface area contributed by atoms with Gasteiger partial charge in [-0.15, -0.1) is 11.6 Å². The van der Waals surface area contributed by atoms with Gasteiger partial charge in [-0.1, -0.05) is 0 Å². The number of alkyl halides is 1. The van der Waals surface area contributed by atoms with Crippen LogP contribution >= 0.6 is 11.6 Å². The second kappa shape index (κ2) is 3.42. The van der Waals surface area contributed by atoms with E-state index in [9.17, 15) is 0 Å². The summed E-state index contributed by atoms with van der Waals surface area (Å²) in [5.74, 6) is 1.25. The second-order valence-electron chi connectivity index (χ2n) is 2.88. The lowest BCUT2D eigenvalue weighted by molar-refractivity contribution is 0.164. The molecule has 0 N–H and O–H groups in total. The minimum Gasteiger partial charge on any atom is -0.484 e. The fourth-order valence-corrected chi connectivity index (χ4v) is 1.29. The molecule has 3 nitrogen and oxygen atoms in total. The van der Waals surface area contributed by atoms with Crippen molar-refractivity contribution in [3.05, 3.63) is 17.8 Å². The zero-order chi connectivity index (χ0) is 9.26. The summed E-state index contributed by atoms with van der Waals surface area (Å²) in [4.78, 5) is 4.11. The molecule has 0 saturated carbocycles. The van der Waals surface area contributed by atoms with Crippen LogP contribution in [0.4, 0.5) is 0 Å². The van der Waals surface area contributed by atoms with Crippen LogP contribution < -0.4 is 9.47 Å². The third-order valence-electron chi connectivity index (χ3n) is 1.88. The van der Waals surface area contributed by atoms with Crippen molar-refractivity contribution in [2.24, 2.45) is 0 Å². The van der Waals surface area contributed by atoms with Crippen LogP contribution in [0.3, 0.4) is 0 Å². The van der Waals surface area contributed by atoms with Crippen LogP contribution in [0.15, 0.2) is 12.3 Å². The number of hydrogen-bond acceptors (Lipinski definition) is 3. The fraction of sp³-hybridized carbons (Fsp3) is 0.444. The van der Waals surface area contributed by atoms with E-state index in [1.54, 1.807) is 6.20 Å². The van der Waals surface area contributed by atoms with E-state index in [2.05, 4.69) is 4.98 Å². The Kier molecular flexibility index (Phi) is 2.27. The summed E-state index contributed by atoms with van der Waals surface area (Å²) in [6.07, 6.45) is 1.71. The van der Waals surface area contributed by atoms with Crippen molar-refractivity contribution in [2.45, 2.75) is 12.3 Å². The summed E-state index contributed by atoms with van der Waals surface area (Å²) in [6.45, 7) is 3.04. The van der Waals surface area contributed by atoms with Crippen LogP contribution in [0.2, 0.25) is 0 Å². The van der Waals surface area contributed by atoms with Crippen LogP contribution in [-0.4, -0.2) is 18.2 Å². The number of ether oxygens (including phenoxy) is 2. The Morgan fingerprint density at radius 1 is 1.46 bits per heavy atom. The van der Waals surface area contributed by atoms with Gasteiger partial charge >= 0.3 is 0 Å². The quantitative estimate of drug-likeness (QED) is 0.650. The summed E-state index contributed by atoms with van der Waals surface area (Å²) in [5.41, 5.74) is 0.950. The van der Waals surface area contributed by atoms with Gasteiger partial charge in [0.2, 0.25) is 0 Å². The minimum atomic E-state index is -0.0525. The molecule has 1 atom stereocenters. The highest BCUT2D eigenvalue weighted by atomic mass is 35.5. The largest absolute Gasteiger partial charge is 0.484 e. The maximum absolute atomic E-state index is 5.91. The Labute approximate surface area is 81.6 Å². The van der Waals surface area contributed by atoms with E-state index in [1.807, 2.05) is 13.0 Å². The van der Waals surface area contributed by atoms with Crippen molar-refractivity contribution < 1.29 is 9.47 Å². The molecule has 0 spiro atoms. The first-order valence-electron chi connectivity index (χ1n) is 4.17. The number of aromatic nitrogens is 1. The number of halogens is 1. The molecule has 0 saturated heterocycles. The number of nitrogens with zero attached hydrogens (tertiary/aromatic N) is 1. The van der Waals surface area contributed by atoms with Crippen LogP contribution in [0, 0.1) is 0 Å². The molecule has 0 aromatic carbocycles. The van der Waals surface area contributed by atoms with Gasteiger partial charge in [0.05, 0.1) is 5.38 Å². The van der Waals surface area contributed by atoms with Crippen LogP contribution in [0.5, 0.6) is 11.6 Å². The maximum Gasteiger partial charge on any atom is 0.257 e. The standard InChI is InChI=1S/C9H10ClNO2/c1-6(10)7-4-8-9(11-5-7)13-3-2-12-8/h4-6H,2-3H2,1H3. The molecule has 0 fully saturated rings. The Hall–Kier alpha value is -0.960. The van der Waals surface area contributed by atoms with Gasteiger partial charge in [-0.05, 0) is 18.6 Å². The Morgan fingerprint density at radius 2 is 2.23 bits per heavy atom. The van der Waals surface area contributed by atoms with Crippen molar-refractivity contribution in [1.29, 1.82) is 0 Å².